The first-order chi connectivity index (χ1) is 14.6. The molecule has 30 heavy (non-hydrogen) atoms. The Hall–Kier alpha value is -2.78. The Kier molecular flexibility index (Phi) is 7.92. The first kappa shape index (κ1) is 21.9. The van der Waals surface area contributed by atoms with E-state index in [2.05, 4.69) is 15.5 Å². The van der Waals surface area contributed by atoms with Crippen LogP contribution >= 0.6 is 11.3 Å². The van der Waals surface area contributed by atoms with E-state index in [1.807, 2.05) is 40.6 Å². The van der Waals surface area contributed by atoms with Gasteiger partial charge in [-0.2, -0.15) is 0 Å². The molecule has 0 atom stereocenters. The molecule has 2 heterocycles. The molecule has 0 radical (unpaired) electrons. The van der Waals surface area contributed by atoms with Crippen LogP contribution in [0.2, 0.25) is 0 Å². The molecule has 0 aliphatic carbocycles. The van der Waals surface area contributed by atoms with E-state index in [-0.39, 0.29) is 11.9 Å². The van der Waals surface area contributed by atoms with Crippen LogP contribution in [0.5, 0.6) is 11.5 Å². The van der Waals surface area contributed by atoms with Crippen LogP contribution < -0.4 is 20.1 Å². The molecule has 1 aromatic heterocycles. The fourth-order valence-electron chi connectivity index (χ4n) is 3.29. The minimum atomic E-state index is -0.212. The molecule has 3 rings (SSSR count). The summed E-state index contributed by atoms with van der Waals surface area (Å²) in [7, 11) is 3.17. The second kappa shape index (κ2) is 10.8. The molecule has 1 aliphatic heterocycles. The summed E-state index contributed by atoms with van der Waals surface area (Å²) in [5.74, 6) is 1.40. The van der Waals surface area contributed by atoms with Crippen molar-refractivity contribution in [1.29, 1.82) is 0 Å². The highest BCUT2D eigenvalue weighted by Gasteiger charge is 2.22. The minimum absolute atomic E-state index is 0.109. The highest BCUT2D eigenvalue weighted by molar-refractivity contribution is 7.12. The SMILES string of the molecule is COc1ccc(CNC(=O)NCCN2CCN(C(=O)c3cccs3)CC2)cc1OC. The standard InChI is InChI=1S/C21H28N4O4S/c1-28-17-6-5-16(14-18(17)29-2)15-23-21(27)22-7-8-24-9-11-25(12-10-24)20(26)19-4-3-13-30-19/h3-6,13-14H,7-12,15H2,1-2H3,(H2,22,23,27). The molecular weight excluding hydrogens is 404 g/mol. The quantitative estimate of drug-likeness (QED) is 0.667. The summed E-state index contributed by atoms with van der Waals surface area (Å²) in [6, 6.07) is 9.10. The smallest absolute Gasteiger partial charge is 0.315 e. The van der Waals surface area contributed by atoms with Crippen molar-refractivity contribution in [3.63, 3.8) is 0 Å². The maximum absolute atomic E-state index is 12.4. The van der Waals surface area contributed by atoms with Gasteiger partial charge in [-0.1, -0.05) is 12.1 Å². The van der Waals surface area contributed by atoms with E-state index in [0.29, 0.717) is 37.7 Å². The molecule has 3 amide bonds. The first-order valence-electron chi connectivity index (χ1n) is 9.88. The molecule has 8 nitrogen and oxygen atoms in total. The van der Waals surface area contributed by atoms with Crippen LogP contribution in [-0.2, 0) is 6.54 Å². The lowest BCUT2D eigenvalue weighted by Gasteiger charge is -2.34. The van der Waals surface area contributed by atoms with Gasteiger partial charge in [-0.15, -0.1) is 11.3 Å². The van der Waals surface area contributed by atoms with Crippen LogP contribution in [0, 0.1) is 0 Å². The van der Waals surface area contributed by atoms with Crippen LogP contribution in [0.4, 0.5) is 4.79 Å². The lowest BCUT2D eigenvalue weighted by Crippen LogP contribution is -2.50. The van der Waals surface area contributed by atoms with Gasteiger partial charge in [0.15, 0.2) is 11.5 Å². The third-order valence-electron chi connectivity index (χ3n) is 5.01. The van der Waals surface area contributed by atoms with Gasteiger partial charge in [0.1, 0.15) is 0 Å². The van der Waals surface area contributed by atoms with Gasteiger partial charge in [0.05, 0.1) is 19.1 Å². The van der Waals surface area contributed by atoms with Gasteiger partial charge in [0, 0.05) is 45.8 Å². The van der Waals surface area contributed by atoms with E-state index in [1.54, 1.807) is 14.2 Å². The Morgan fingerprint density at radius 1 is 1.03 bits per heavy atom. The van der Waals surface area contributed by atoms with Crippen molar-refractivity contribution >= 4 is 23.3 Å². The number of benzene rings is 1. The number of methoxy groups -OCH3 is 2. The number of thiophene rings is 1. The van der Waals surface area contributed by atoms with Crippen molar-refractivity contribution in [1.82, 2.24) is 20.4 Å². The molecule has 0 unspecified atom stereocenters. The number of nitrogens with one attached hydrogen (secondary N) is 2. The highest BCUT2D eigenvalue weighted by Crippen LogP contribution is 2.27. The number of hydrogen-bond acceptors (Lipinski definition) is 6. The van der Waals surface area contributed by atoms with Crippen molar-refractivity contribution < 1.29 is 19.1 Å². The normalized spacial score (nSPS) is 14.3. The zero-order valence-electron chi connectivity index (χ0n) is 17.3. The predicted octanol–water partition coefficient (Wildman–Crippen LogP) is 2.02. The van der Waals surface area contributed by atoms with Gasteiger partial charge in [-0.25, -0.2) is 4.79 Å². The van der Waals surface area contributed by atoms with Gasteiger partial charge in [-0.05, 0) is 29.1 Å². The van der Waals surface area contributed by atoms with E-state index in [0.717, 1.165) is 30.1 Å². The molecule has 162 valence electrons. The molecule has 0 bridgehead atoms. The highest BCUT2D eigenvalue weighted by atomic mass is 32.1. The summed E-state index contributed by atoms with van der Waals surface area (Å²) < 4.78 is 10.5. The summed E-state index contributed by atoms with van der Waals surface area (Å²) in [6.07, 6.45) is 0. The van der Waals surface area contributed by atoms with Gasteiger partial charge in [-0.3, -0.25) is 9.69 Å². The molecule has 0 spiro atoms. The molecule has 0 saturated carbocycles. The summed E-state index contributed by atoms with van der Waals surface area (Å²) in [6.45, 7) is 4.75. The predicted molar refractivity (Wildman–Crippen MR) is 116 cm³/mol. The van der Waals surface area contributed by atoms with Crippen molar-refractivity contribution in [2.45, 2.75) is 6.54 Å². The Bertz CT molecular complexity index is 836. The van der Waals surface area contributed by atoms with Crippen molar-refractivity contribution in [3.05, 3.63) is 46.2 Å². The van der Waals surface area contributed by atoms with Crippen LogP contribution in [0.1, 0.15) is 15.2 Å². The molecule has 1 aromatic carbocycles. The number of carbonyl (C=O) groups is 2. The number of rotatable bonds is 8. The lowest BCUT2D eigenvalue weighted by molar-refractivity contribution is 0.0644. The number of amides is 3. The van der Waals surface area contributed by atoms with Gasteiger partial charge in [0.2, 0.25) is 0 Å². The Labute approximate surface area is 180 Å². The zero-order valence-corrected chi connectivity index (χ0v) is 18.2. The van der Waals surface area contributed by atoms with Crippen molar-refractivity contribution in [2.24, 2.45) is 0 Å². The third kappa shape index (κ3) is 5.87. The van der Waals surface area contributed by atoms with E-state index in [4.69, 9.17) is 9.47 Å². The topological polar surface area (TPSA) is 83.1 Å². The molecule has 2 N–H and O–H groups in total. The number of piperazine rings is 1. The summed E-state index contributed by atoms with van der Waals surface area (Å²) in [5.41, 5.74) is 0.925. The Morgan fingerprint density at radius 2 is 1.80 bits per heavy atom. The van der Waals surface area contributed by atoms with E-state index < -0.39 is 0 Å². The third-order valence-corrected chi connectivity index (χ3v) is 5.86. The van der Waals surface area contributed by atoms with Gasteiger partial charge >= 0.3 is 6.03 Å². The molecule has 1 fully saturated rings. The molecule has 9 heteroatoms. The fourth-order valence-corrected chi connectivity index (χ4v) is 3.98. The Morgan fingerprint density at radius 3 is 2.47 bits per heavy atom. The van der Waals surface area contributed by atoms with Gasteiger partial charge < -0.3 is 25.0 Å². The van der Waals surface area contributed by atoms with E-state index >= 15 is 0 Å². The zero-order chi connectivity index (χ0) is 21.3. The lowest BCUT2D eigenvalue weighted by atomic mass is 10.2. The molecular formula is C21H28N4O4S. The summed E-state index contributed by atoms with van der Waals surface area (Å²) in [4.78, 5) is 29.4. The molecule has 1 saturated heterocycles. The number of hydrogen-bond donors (Lipinski definition) is 2. The second-order valence-corrected chi connectivity index (χ2v) is 7.86. The van der Waals surface area contributed by atoms with Crippen LogP contribution in [0.25, 0.3) is 0 Å². The molecule has 2 aromatic rings. The summed E-state index contributed by atoms with van der Waals surface area (Å²) >= 11 is 1.48. The number of urea groups is 1. The van der Waals surface area contributed by atoms with Crippen LogP contribution in [0.15, 0.2) is 35.7 Å². The number of nitrogens with zero attached hydrogens (tertiary/aromatic N) is 2. The maximum Gasteiger partial charge on any atom is 0.315 e. The monoisotopic (exact) mass is 432 g/mol. The van der Waals surface area contributed by atoms with E-state index in [1.165, 1.54) is 11.3 Å². The summed E-state index contributed by atoms with van der Waals surface area (Å²) in [5, 5.41) is 7.65. The first-order valence-corrected chi connectivity index (χ1v) is 10.8. The maximum atomic E-state index is 12.4. The van der Waals surface area contributed by atoms with Crippen LogP contribution in [0.3, 0.4) is 0 Å². The fraction of sp³-hybridized carbons (Fsp3) is 0.429. The average Bonchev–Trinajstić information content (AvgIpc) is 3.32. The second-order valence-electron chi connectivity index (χ2n) is 6.91. The molecule has 1 aliphatic rings. The number of ether oxygens (including phenoxy) is 2. The minimum Gasteiger partial charge on any atom is -0.493 e. The van der Waals surface area contributed by atoms with E-state index in [9.17, 15) is 9.59 Å². The largest absolute Gasteiger partial charge is 0.493 e. The van der Waals surface area contributed by atoms with Gasteiger partial charge in [0.25, 0.3) is 5.91 Å². The van der Waals surface area contributed by atoms with Crippen molar-refractivity contribution in [2.75, 3.05) is 53.5 Å². The number of carbonyl (C=O) groups excluding carboxylic acids is 2. The van der Waals surface area contributed by atoms with Crippen molar-refractivity contribution in [3.8, 4) is 11.5 Å². The Balaban J connectivity index is 1.33. The average molecular weight is 433 g/mol. The van der Waals surface area contributed by atoms with Crippen LogP contribution in [-0.4, -0.2) is 75.2 Å².